The van der Waals surface area contributed by atoms with Crippen LogP contribution < -0.4 is 11.5 Å². The van der Waals surface area contributed by atoms with Crippen LogP contribution in [-0.4, -0.2) is 43.9 Å². The maximum Gasteiger partial charge on any atom is 0.167 e. The smallest absolute Gasteiger partial charge is 0.167 e. The molecule has 1 aliphatic carbocycles. The van der Waals surface area contributed by atoms with Crippen molar-refractivity contribution in [1.82, 2.24) is 19.5 Å². The Kier molecular flexibility index (Phi) is 3.75. The number of ether oxygens (including phenoxy) is 1. The Morgan fingerprint density at radius 2 is 2.19 bits per heavy atom. The largest absolute Gasteiger partial charge is 0.393 e. The van der Waals surface area contributed by atoms with Crippen molar-refractivity contribution in [3.8, 4) is 0 Å². The van der Waals surface area contributed by atoms with E-state index in [4.69, 9.17) is 16.2 Å². The number of anilines is 1. The number of hydrogen-bond donors (Lipinski definition) is 3. The number of nitrogen functional groups attached to an aromatic ring is 1. The third-order valence-corrected chi connectivity index (χ3v) is 4.17. The van der Waals surface area contributed by atoms with Gasteiger partial charge < -0.3 is 21.3 Å². The normalized spacial score (nSPS) is 24.7. The number of aliphatic hydroxyl groups excluding tert-OH is 1. The first-order valence-corrected chi connectivity index (χ1v) is 6.99. The Balaban J connectivity index is 1.80. The van der Waals surface area contributed by atoms with Crippen LogP contribution in [0.3, 0.4) is 0 Å². The zero-order chi connectivity index (χ0) is 15.0. The van der Waals surface area contributed by atoms with Gasteiger partial charge in [-0.15, -0.1) is 0 Å². The van der Waals surface area contributed by atoms with Gasteiger partial charge in [-0.05, 0) is 18.8 Å². The van der Waals surface area contributed by atoms with Crippen LogP contribution in [0.4, 0.5) is 5.82 Å². The van der Waals surface area contributed by atoms with Crippen LogP contribution in [0.5, 0.6) is 0 Å². The molecular weight excluding hydrogens is 272 g/mol. The van der Waals surface area contributed by atoms with E-state index in [1.165, 1.54) is 6.33 Å². The Morgan fingerprint density at radius 1 is 1.43 bits per heavy atom. The topological polar surface area (TPSA) is 125 Å². The number of aliphatic hydroxyl groups is 1. The lowest BCUT2D eigenvalue weighted by molar-refractivity contribution is -0.0332. The average Bonchev–Trinajstić information content (AvgIpc) is 2.86. The van der Waals surface area contributed by atoms with Crippen molar-refractivity contribution in [3.05, 3.63) is 12.7 Å². The van der Waals surface area contributed by atoms with Gasteiger partial charge in [0.05, 0.1) is 12.4 Å². The lowest BCUT2D eigenvalue weighted by Gasteiger charge is -2.37. The van der Waals surface area contributed by atoms with E-state index < -0.39 is 6.10 Å². The van der Waals surface area contributed by atoms with Crippen molar-refractivity contribution in [1.29, 1.82) is 0 Å². The predicted molar refractivity (Wildman–Crippen MR) is 77.1 cm³/mol. The summed E-state index contributed by atoms with van der Waals surface area (Å²) in [5, 5.41) is 10.3. The van der Waals surface area contributed by atoms with E-state index in [1.54, 1.807) is 18.0 Å². The Morgan fingerprint density at radius 3 is 2.86 bits per heavy atom. The van der Waals surface area contributed by atoms with Gasteiger partial charge in [0, 0.05) is 19.6 Å². The molecule has 2 aromatic rings. The van der Waals surface area contributed by atoms with Crippen molar-refractivity contribution in [2.45, 2.75) is 37.6 Å². The fourth-order valence-corrected chi connectivity index (χ4v) is 2.83. The summed E-state index contributed by atoms with van der Waals surface area (Å²) in [6.45, 7) is 0. The van der Waals surface area contributed by atoms with Gasteiger partial charge in [0.2, 0.25) is 0 Å². The first-order valence-electron chi connectivity index (χ1n) is 6.99. The zero-order valence-electron chi connectivity index (χ0n) is 11.9. The van der Waals surface area contributed by atoms with Crippen LogP contribution >= 0.6 is 0 Å². The van der Waals surface area contributed by atoms with E-state index in [2.05, 4.69) is 15.0 Å². The molecule has 0 spiro atoms. The first kappa shape index (κ1) is 14.2. The summed E-state index contributed by atoms with van der Waals surface area (Å²) in [4.78, 5) is 12.3. The molecule has 0 radical (unpaired) electrons. The van der Waals surface area contributed by atoms with Crippen LogP contribution in [-0.2, 0) is 4.74 Å². The lowest BCUT2D eigenvalue weighted by atomic mass is 9.76. The molecule has 1 saturated carbocycles. The highest BCUT2D eigenvalue weighted by atomic mass is 16.5. The molecule has 3 rings (SSSR count). The molecule has 2 aromatic heterocycles. The first-order chi connectivity index (χ1) is 10.1. The van der Waals surface area contributed by atoms with E-state index in [1.807, 2.05) is 0 Å². The minimum absolute atomic E-state index is 0.215. The van der Waals surface area contributed by atoms with Gasteiger partial charge >= 0.3 is 0 Å². The maximum atomic E-state index is 10.3. The van der Waals surface area contributed by atoms with Gasteiger partial charge in [-0.3, -0.25) is 4.57 Å². The number of rotatable bonds is 5. The second kappa shape index (κ2) is 5.55. The van der Waals surface area contributed by atoms with Crippen molar-refractivity contribution in [2.24, 2.45) is 11.7 Å². The third kappa shape index (κ3) is 2.57. The number of nitrogens with two attached hydrogens (primary N) is 2. The second-order valence-corrected chi connectivity index (χ2v) is 5.57. The molecule has 1 aliphatic rings. The number of hydrogen-bond acceptors (Lipinski definition) is 7. The van der Waals surface area contributed by atoms with E-state index in [0.717, 1.165) is 12.8 Å². The molecule has 2 heterocycles. The number of methoxy groups -OCH3 is 1. The molecule has 0 bridgehead atoms. The summed E-state index contributed by atoms with van der Waals surface area (Å²) in [7, 11) is 1.60. The van der Waals surface area contributed by atoms with Gasteiger partial charge in [0.25, 0.3) is 0 Å². The van der Waals surface area contributed by atoms with E-state index in [0.29, 0.717) is 23.4 Å². The molecule has 0 aromatic carbocycles. The van der Waals surface area contributed by atoms with Crippen LogP contribution in [0.2, 0.25) is 0 Å². The monoisotopic (exact) mass is 292 g/mol. The fraction of sp³-hybridized carbons (Fsp3) is 0.615. The Bertz CT molecular complexity index is 624. The molecule has 8 heteroatoms. The van der Waals surface area contributed by atoms with E-state index in [-0.39, 0.29) is 18.2 Å². The zero-order valence-corrected chi connectivity index (χ0v) is 11.9. The molecule has 2 atom stereocenters. The van der Waals surface area contributed by atoms with Crippen LogP contribution in [0.15, 0.2) is 12.7 Å². The van der Waals surface area contributed by atoms with Gasteiger partial charge in [-0.1, -0.05) is 0 Å². The number of imidazole rings is 1. The minimum Gasteiger partial charge on any atom is -0.393 e. The van der Waals surface area contributed by atoms with E-state index in [9.17, 15) is 5.11 Å². The highest BCUT2D eigenvalue weighted by Crippen LogP contribution is 2.33. The summed E-state index contributed by atoms with van der Waals surface area (Å²) >= 11 is 0. The third-order valence-electron chi connectivity index (χ3n) is 4.17. The highest BCUT2D eigenvalue weighted by Gasteiger charge is 2.33. The summed E-state index contributed by atoms with van der Waals surface area (Å²) in [5.41, 5.74) is 12.7. The highest BCUT2D eigenvalue weighted by molar-refractivity contribution is 5.81. The van der Waals surface area contributed by atoms with E-state index >= 15 is 0 Å². The predicted octanol–water partition coefficient (Wildman–Crippen LogP) is 0.0418. The van der Waals surface area contributed by atoms with Gasteiger partial charge in [-0.2, -0.15) is 0 Å². The molecule has 0 saturated heterocycles. The maximum absolute atomic E-state index is 10.3. The van der Waals surface area contributed by atoms with Crippen LogP contribution in [0, 0.1) is 5.92 Å². The summed E-state index contributed by atoms with van der Waals surface area (Å²) in [6.07, 6.45) is 4.38. The summed E-state index contributed by atoms with van der Waals surface area (Å²) < 4.78 is 7.26. The Hall–Kier alpha value is -1.77. The van der Waals surface area contributed by atoms with Crippen LogP contribution in [0.25, 0.3) is 11.2 Å². The molecule has 5 N–H and O–H groups in total. The lowest BCUT2D eigenvalue weighted by Crippen LogP contribution is -2.43. The van der Waals surface area contributed by atoms with Crippen molar-refractivity contribution in [2.75, 3.05) is 12.8 Å². The number of aromatic nitrogens is 4. The summed E-state index contributed by atoms with van der Waals surface area (Å²) in [5.74, 6) is 0.575. The van der Waals surface area contributed by atoms with Crippen molar-refractivity contribution < 1.29 is 9.84 Å². The average molecular weight is 292 g/mol. The fourth-order valence-electron chi connectivity index (χ4n) is 2.83. The Labute approximate surface area is 122 Å². The molecule has 0 aliphatic heterocycles. The van der Waals surface area contributed by atoms with Crippen molar-refractivity contribution in [3.63, 3.8) is 0 Å². The number of fused-ring (bicyclic) bond motifs is 1. The van der Waals surface area contributed by atoms with Crippen molar-refractivity contribution >= 4 is 17.0 Å². The quantitative estimate of drug-likeness (QED) is 0.710. The number of nitrogens with zero attached hydrogens (tertiary/aromatic N) is 4. The molecule has 2 unspecified atom stereocenters. The molecule has 0 amide bonds. The molecular formula is C13H20N6O2. The second-order valence-electron chi connectivity index (χ2n) is 5.57. The molecule has 8 nitrogen and oxygen atoms in total. The molecule has 114 valence electrons. The van der Waals surface area contributed by atoms with Gasteiger partial charge in [0.1, 0.15) is 18.1 Å². The van der Waals surface area contributed by atoms with Gasteiger partial charge in [0.15, 0.2) is 11.5 Å². The minimum atomic E-state index is -0.452. The standard InChI is InChI=1S/C13H20N6O2/c1-21-10(4-9(20)7-2-8(14)3-7)19-6-18-11-12(15)16-5-17-13(11)19/h5-10,20H,2-4,14H2,1H3,(H2,15,16,17). The molecule has 21 heavy (non-hydrogen) atoms. The summed E-state index contributed by atoms with van der Waals surface area (Å²) in [6, 6.07) is 0.215. The SMILES string of the molecule is COC(CC(O)C1CC(N)C1)n1cnc2c(N)ncnc21. The molecule has 1 fully saturated rings. The van der Waals surface area contributed by atoms with Gasteiger partial charge in [-0.25, -0.2) is 15.0 Å². The van der Waals surface area contributed by atoms with Crippen LogP contribution in [0.1, 0.15) is 25.5 Å².